The van der Waals surface area contributed by atoms with Crippen LogP contribution in [0.1, 0.15) is 28.8 Å². The monoisotopic (exact) mass is 418 g/mol. The molecule has 2 aliphatic heterocycles. The molecular weight excluding hydrogens is 400 g/mol. The van der Waals surface area contributed by atoms with Crippen LogP contribution in [0, 0.1) is 0 Å². The van der Waals surface area contributed by atoms with Gasteiger partial charge in [-0.1, -0.05) is 11.3 Å². The smallest absolute Gasteiger partial charge is 0.255 e. The minimum Gasteiger partial charge on any atom is -0.495 e. The number of benzene rings is 1. The number of aromatic nitrogens is 4. The maximum absolute atomic E-state index is 13.0. The number of carbonyl (C=O) groups excluding carboxylic acids is 3. The first-order valence-electron chi connectivity index (χ1n) is 9.73. The molecule has 2 aliphatic rings. The van der Waals surface area contributed by atoms with Gasteiger partial charge in [0.2, 0.25) is 11.8 Å². The third-order valence-corrected chi connectivity index (χ3v) is 5.51. The number of nitrogens with one attached hydrogen (secondary N) is 1. The topological polar surface area (TPSA) is 119 Å². The molecule has 1 atom stereocenters. The molecule has 10 heteroatoms. The number of imide groups is 1. The summed E-state index contributed by atoms with van der Waals surface area (Å²) in [5.74, 6) is -0.348. The Kier molecular flexibility index (Phi) is 4.46. The highest BCUT2D eigenvalue weighted by atomic mass is 16.5. The Labute approximate surface area is 176 Å². The highest BCUT2D eigenvalue weighted by Gasteiger charge is 2.39. The van der Waals surface area contributed by atoms with E-state index in [-0.39, 0.29) is 18.2 Å². The number of carbonyl (C=O) groups is 3. The lowest BCUT2D eigenvalue weighted by atomic mass is 10.0. The van der Waals surface area contributed by atoms with Gasteiger partial charge in [0.1, 0.15) is 17.5 Å². The van der Waals surface area contributed by atoms with Crippen LogP contribution in [-0.4, -0.2) is 55.8 Å². The van der Waals surface area contributed by atoms with E-state index in [1.54, 1.807) is 36.4 Å². The van der Waals surface area contributed by atoms with Crippen molar-refractivity contribution in [2.75, 3.05) is 7.11 Å². The zero-order chi connectivity index (χ0) is 21.5. The summed E-state index contributed by atoms with van der Waals surface area (Å²) in [6, 6.07) is 6.61. The minimum atomic E-state index is -0.639. The lowest BCUT2D eigenvalue weighted by Crippen LogP contribution is -2.52. The number of hydrogen-bond acceptors (Lipinski definition) is 7. The van der Waals surface area contributed by atoms with Gasteiger partial charge in [-0.2, -0.15) is 0 Å². The maximum atomic E-state index is 13.0. The molecule has 156 valence electrons. The van der Waals surface area contributed by atoms with Crippen molar-refractivity contribution in [1.82, 2.24) is 30.2 Å². The number of amides is 3. The molecular formula is C21H18N6O4. The zero-order valence-electron chi connectivity index (χ0n) is 16.6. The van der Waals surface area contributed by atoms with Crippen LogP contribution in [0.2, 0.25) is 0 Å². The Morgan fingerprint density at radius 3 is 2.84 bits per heavy atom. The summed E-state index contributed by atoms with van der Waals surface area (Å²) in [5, 5.41) is 10.7. The van der Waals surface area contributed by atoms with Crippen molar-refractivity contribution in [2.24, 2.45) is 0 Å². The van der Waals surface area contributed by atoms with Gasteiger partial charge in [0.25, 0.3) is 5.91 Å². The van der Waals surface area contributed by atoms with Gasteiger partial charge in [-0.15, -0.1) is 5.10 Å². The van der Waals surface area contributed by atoms with Crippen LogP contribution < -0.4 is 10.1 Å². The molecule has 1 fully saturated rings. The lowest BCUT2D eigenvalue weighted by Gasteiger charge is -2.29. The van der Waals surface area contributed by atoms with E-state index in [9.17, 15) is 14.4 Å². The predicted octanol–water partition coefficient (Wildman–Crippen LogP) is 1.10. The van der Waals surface area contributed by atoms with Crippen molar-refractivity contribution in [2.45, 2.75) is 25.4 Å². The van der Waals surface area contributed by atoms with E-state index in [0.717, 1.165) is 11.1 Å². The Morgan fingerprint density at radius 2 is 2.03 bits per heavy atom. The molecule has 0 saturated carbocycles. The van der Waals surface area contributed by atoms with Gasteiger partial charge in [0.05, 0.1) is 25.2 Å². The molecule has 0 bridgehead atoms. The lowest BCUT2D eigenvalue weighted by molar-refractivity contribution is -0.136. The number of ether oxygens (including phenoxy) is 1. The Bertz CT molecular complexity index is 1220. The van der Waals surface area contributed by atoms with E-state index >= 15 is 0 Å². The molecule has 31 heavy (non-hydrogen) atoms. The molecule has 3 aromatic rings. The van der Waals surface area contributed by atoms with Crippen molar-refractivity contribution < 1.29 is 19.1 Å². The van der Waals surface area contributed by atoms with Crippen molar-refractivity contribution >= 4 is 17.7 Å². The van der Waals surface area contributed by atoms with Crippen LogP contribution in [0.4, 0.5) is 0 Å². The first-order valence-corrected chi connectivity index (χ1v) is 9.73. The normalized spacial score (nSPS) is 18.2. The third-order valence-electron chi connectivity index (χ3n) is 5.51. The van der Waals surface area contributed by atoms with Gasteiger partial charge in [0.15, 0.2) is 0 Å². The second-order valence-electron chi connectivity index (χ2n) is 7.40. The molecule has 3 amide bonds. The molecule has 0 radical (unpaired) electrons. The number of hydrogen-bond donors (Lipinski definition) is 1. The van der Waals surface area contributed by atoms with Crippen LogP contribution in [0.15, 0.2) is 42.9 Å². The van der Waals surface area contributed by atoms with E-state index in [2.05, 4.69) is 20.6 Å². The Morgan fingerprint density at radius 1 is 1.16 bits per heavy atom. The van der Waals surface area contributed by atoms with Crippen LogP contribution >= 0.6 is 0 Å². The maximum Gasteiger partial charge on any atom is 0.255 e. The fourth-order valence-electron chi connectivity index (χ4n) is 3.88. The van der Waals surface area contributed by atoms with Gasteiger partial charge < -0.3 is 9.64 Å². The number of rotatable bonds is 4. The first-order chi connectivity index (χ1) is 15.0. The van der Waals surface area contributed by atoms with Gasteiger partial charge >= 0.3 is 0 Å². The summed E-state index contributed by atoms with van der Waals surface area (Å²) < 4.78 is 6.78. The van der Waals surface area contributed by atoms with Crippen molar-refractivity contribution in [3.8, 4) is 22.7 Å². The highest BCUT2D eigenvalue weighted by Crippen LogP contribution is 2.29. The summed E-state index contributed by atoms with van der Waals surface area (Å²) >= 11 is 0. The number of fused-ring (bicyclic) bond motifs is 1. The molecule has 2 aromatic heterocycles. The zero-order valence-corrected chi connectivity index (χ0v) is 16.6. The molecule has 0 spiro atoms. The summed E-state index contributed by atoms with van der Waals surface area (Å²) in [4.78, 5) is 42.3. The summed E-state index contributed by atoms with van der Waals surface area (Å²) in [6.07, 6.45) is 5.58. The largest absolute Gasteiger partial charge is 0.495 e. The number of nitrogens with zero attached hydrogens (tertiary/aromatic N) is 5. The standard InChI is InChI=1S/C21H18N6O4/c1-31-15-6-13(8-22-9-15)17-11-27(25-24-17)14-3-2-12-10-26(21(30)16(12)7-14)18-4-5-19(28)23-20(18)29/h2-3,6-9,11,18H,4-5,10H2,1H3,(H,23,28,29). The summed E-state index contributed by atoms with van der Waals surface area (Å²) in [6.45, 7) is 0.332. The molecule has 1 saturated heterocycles. The van der Waals surface area contributed by atoms with Crippen molar-refractivity contribution in [1.29, 1.82) is 0 Å². The SMILES string of the molecule is COc1cncc(-c2cn(-c3ccc4c(c3)C(=O)N(C3CCC(=O)NC3=O)C4)nn2)c1. The summed E-state index contributed by atoms with van der Waals surface area (Å²) in [7, 11) is 1.57. The average molecular weight is 418 g/mol. The van der Waals surface area contributed by atoms with Crippen LogP contribution in [0.25, 0.3) is 16.9 Å². The average Bonchev–Trinajstić information content (AvgIpc) is 3.39. The molecule has 1 N–H and O–H groups in total. The van der Waals surface area contributed by atoms with E-state index in [1.165, 1.54) is 4.90 Å². The van der Waals surface area contributed by atoms with E-state index in [1.807, 2.05) is 18.2 Å². The van der Waals surface area contributed by atoms with Gasteiger partial charge in [-0.05, 0) is 30.2 Å². The highest BCUT2D eigenvalue weighted by molar-refractivity contribution is 6.05. The second kappa shape index (κ2) is 7.31. The fraction of sp³-hybridized carbons (Fsp3) is 0.238. The van der Waals surface area contributed by atoms with Crippen molar-refractivity contribution in [3.63, 3.8) is 0 Å². The fourth-order valence-corrected chi connectivity index (χ4v) is 3.88. The molecule has 1 aromatic carbocycles. The van der Waals surface area contributed by atoms with Gasteiger partial charge in [-0.25, -0.2) is 4.68 Å². The molecule has 4 heterocycles. The van der Waals surface area contributed by atoms with Crippen LogP contribution in [0.5, 0.6) is 5.75 Å². The molecule has 10 nitrogen and oxygen atoms in total. The first kappa shape index (κ1) is 18.9. The second-order valence-corrected chi connectivity index (χ2v) is 7.40. The van der Waals surface area contributed by atoms with E-state index in [0.29, 0.717) is 35.7 Å². The van der Waals surface area contributed by atoms with Gasteiger partial charge in [0, 0.05) is 30.3 Å². The predicted molar refractivity (Wildman–Crippen MR) is 107 cm³/mol. The third kappa shape index (κ3) is 3.31. The van der Waals surface area contributed by atoms with Crippen molar-refractivity contribution in [3.05, 3.63) is 54.0 Å². The molecule has 0 aliphatic carbocycles. The number of piperidine rings is 1. The minimum absolute atomic E-state index is 0.225. The Balaban J connectivity index is 1.41. The number of pyridine rings is 1. The van der Waals surface area contributed by atoms with E-state index < -0.39 is 11.9 Å². The quantitative estimate of drug-likeness (QED) is 0.630. The number of methoxy groups -OCH3 is 1. The molecule has 5 rings (SSSR count). The van der Waals surface area contributed by atoms with Crippen LogP contribution in [0.3, 0.4) is 0 Å². The molecule has 1 unspecified atom stereocenters. The van der Waals surface area contributed by atoms with E-state index in [4.69, 9.17) is 4.74 Å². The van der Waals surface area contributed by atoms with Gasteiger partial charge in [-0.3, -0.25) is 24.7 Å². The summed E-state index contributed by atoms with van der Waals surface area (Å²) in [5.41, 5.74) is 3.39. The van der Waals surface area contributed by atoms with Crippen LogP contribution in [-0.2, 0) is 16.1 Å². The Hall–Kier alpha value is -4.08.